The molecule has 2 heterocycles. The highest BCUT2D eigenvalue weighted by Gasteiger charge is 2.38. The predicted molar refractivity (Wildman–Crippen MR) is 117 cm³/mol. The summed E-state index contributed by atoms with van der Waals surface area (Å²) < 4.78 is 19.1. The fraction of sp³-hybridized carbons (Fsp3) is 0.240. The number of halogens is 2. The summed E-state index contributed by atoms with van der Waals surface area (Å²) >= 11 is 0. The standard InChI is InChI=1S/C25H21FN2O.ClH/c26-22-8-6-20(7-9-22)19-4-1-17(2-5-19)13-28-14-21-16-29-25-10-3-18(12-27)11-23(25)24(21)15-28;/h1-11,21,24H,13-16H2;1H/t21-,24+;/m0./s1. The molecule has 152 valence electrons. The number of hydrogen-bond acceptors (Lipinski definition) is 3. The van der Waals surface area contributed by atoms with Crippen molar-refractivity contribution < 1.29 is 9.13 Å². The lowest BCUT2D eigenvalue weighted by Gasteiger charge is -2.27. The summed E-state index contributed by atoms with van der Waals surface area (Å²) in [5.74, 6) is 1.60. The molecule has 1 saturated heterocycles. The minimum Gasteiger partial charge on any atom is -0.493 e. The van der Waals surface area contributed by atoms with E-state index < -0.39 is 0 Å². The van der Waals surface area contributed by atoms with Gasteiger partial charge < -0.3 is 4.74 Å². The maximum absolute atomic E-state index is 13.1. The molecule has 2 atom stereocenters. The maximum Gasteiger partial charge on any atom is 0.123 e. The number of hydrogen-bond donors (Lipinski definition) is 0. The van der Waals surface area contributed by atoms with Crippen molar-refractivity contribution in [2.75, 3.05) is 19.7 Å². The Labute approximate surface area is 182 Å². The molecule has 2 aliphatic heterocycles. The summed E-state index contributed by atoms with van der Waals surface area (Å²) in [7, 11) is 0. The Morgan fingerprint density at radius 2 is 1.67 bits per heavy atom. The van der Waals surface area contributed by atoms with Crippen LogP contribution in [0.25, 0.3) is 11.1 Å². The summed E-state index contributed by atoms with van der Waals surface area (Å²) in [5.41, 5.74) is 5.25. The largest absolute Gasteiger partial charge is 0.493 e. The van der Waals surface area contributed by atoms with Gasteiger partial charge in [0.05, 0.1) is 18.2 Å². The van der Waals surface area contributed by atoms with Gasteiger partial charge in [-0.25, -0.2) is 4.39 Å². The molecule has 2 aliphatic rings. The number of likely N-dealkylation sites (tertiary alicyclic amines) is 1. The fourth-order valence-corrected chi connectivity index (χ4v) is 4.55. The summed E-state index contributed by atoms with van der Waals surface area (Å²) in [6.07, 6.45) is 0. The quantitative estimate of drug-likeness (QED) is 0.569. The lowest BCUT2D eigenvalue weighted by Crippen LogP contribution is -2.25. The molecular formula is C25H22ClFN2O. The molecular weight excluding hydrogens is 399 g/mol. The van der Waals surface area contributed by atoms with E-state index in [2.05, 4.69) is 35.2 Å². The van der Waals surface area contributed by atoms with Gasteiger partial charge in [0, 0.05) is 37.0 Å². The van der Waals surface area contributed by atoms with E-state index in [-0.39, 0.29) is 18.2 Å². The molecule has 0 radical (unpaired) electrons. The zero-order valence-electron chi connectivity index (χ0n) is 16.4. The second kappa shape index (κ2) is 8.47. The summed E-state index contributed by atoms with van der Waals surface area (Å²) in [4.78, 5) is 2.47. The third-order valence-electron chi connectivity index (χ3n) is 6.05. The van der Waals surface area contributed by atoms with E-state index in [0.717, 1.165) is 43.1 Å². The Morgan fingerprint density at radius 1 is 0.967 bits per heavy atom. The predicted octanol–water partition coefficient (Wildman–Crippen LogP) is 5.39. The number of ether oxygens (including phenoxy) is 1. The first-order valence-corrected chi connectivity index (χ1v) is 9.94. The second-order valence-electron chi connectivity index (χ2n) is 7.94. The highest BCUT2D eigenvalue weighted by molar-refractivity contribution is 5.85. The molecule has 0 N–H and O–H groups in total. The third kappa shape index (κ3) is 3.92. The molecule has 5 heteroatoms. The number of rotatable bonds is 3. The Morgan fingerprint density at radius 3 is 2.37 bits per heavy atom. The van der Waals surface area contributed by atoms with Crippen molar-refractivity contribution in [3.8, 4) is 22.9 Å². The van der Waals surface area contributed by atoms with Crippen LogP contribution in [0, 0.1) is 23.1 Å². The van der Waals surface area contributed by atoms with Crippen LogP contribution in [0.4, 0.5) is 4.39 Å². The second-order valence-corrected chi connectivity index (χ2v) is 7.94. The van der Waals surface area contributed by atoms with Crippen molar-refractivity contribution in [3.05, 3.63) is 89.2 Å². The van der Waals surface area contributed by atoms with Crippen LogP contribution in [0.5, 0.6) is 5.75 Å². The van der Waals surface area contributed by atoms with Crippen molar-refractivity contribution in [1.82, 2.24) is 4.90 Å². The first kappa shape index (κ1) is 20.4. The average Bonchev–Trinajstić information content (AvgIpc) is 3.17. The summed E-state index contributed by atoms with van der Waals surface area (Å²) in [6.45, 7) is 3.61. The number of fused-ring (bicyclic) bond motifs is 3. The number of benzene rings is 3. The first-order chi connectivity index (χ1) is 14.2. The number of nitriles is 1. The lowest BCUT2D eigenvalue weighted by atomic mass is 9.86. The molecule has 3 aromatic rings. The summed E-state index contributed by atoms with van der Waals surface area (Å²) in [6, 6.07) is 23.1. The number of nitrogens with zero attached hydrogens (tertiary/aromatic N) is 2. The molecule has 0 spiro atoms. The van der Waals surface area contributed by atoms with E-state index in [4.69, 9.17) is 4.74 Å². The van der Waals surface area contributed by atoms with Gasteiger partial charge in [0.25, 0.3) is 0 Å². The van der Waals surface area contributed by atoms with Gasteiger partial charge in [-0.15, -0.1) is 12.4 Å². The average molecular weight is 421 g/mol. The zero-order valence-corrected chi connectivity index (χ0v) is 17.2. The summed E-state index contributed by atoms with van der Waals surface area (Å²) in [5, 5.41) is 9.22. The van der Waals surface area contributed by atoms with Crippen LogP contribution in [0.1, 0.15) is 22.6 Å². The molecule has 3 aromatic carbocycles. The van der Waals surface area contributed by atoms with Gasteiger partial charge in [-0.3, -0.25) is 4.90 Å². The highest BCUT2D eigenvalue weighted by Crippen LogP contribution is 2.42. The molecule has 0 aromatic heterocycles. The molecule has 0 bridgehead atoms. The van der Waals surface area contributed by atoms with Gasteiger partial charge >= 0.3 is 0 Å². The Kier molecular flexibility index (Phi) is 5.76. The Balaban J connectivity index is 0.00000218. The van der Waals surface area contributed by atoms with Gasteiger partial charge in [0.1, 0.15) is 11.6 Å². The Hall–Kier alpha value is -2.87. The molecule has 5 rings (SSSR count). The molecule has 0 aliphatic carbocycles. The van der Waals surface area contributed by atoms with Crippen molar-refractivity contribution in [2.45, 2.75) is 12.5 Å². The van der Waals surface area contributed by atoms with E-state index in [1.165, 1.54) is 23.3 Å². The fourth-order valence-electron chi connectivity index (χ4n) is 4.55. The Bertz CT molecular complexity index is 1080. The van der Waals surface area contributed by atoms with Gasteiger partial charge in [0.15, 0.2) is 0 Å². The maximum atomic E-state index is 13.1. The SMILES string of the molecule is Cl.N#Cc1ccc2c(c1)[C@@H]1CN(Cc3ccc(-c4ccc(F)cc4)cc3)C[C@H]1CO2. The minimum absolute atomic E-state index is 0. The van der Waals surface area contributed by atoms with E-state index in [1.807, 2.05) is 30.3 Å². The third-order valence-corrected chi connectivity index (χ3v) is 6.05. The van der Waals surface area contributed by atoms with E-state index in [9.17, 15) is 9.65 Å². The zero-order chi connectivity index (χ0) is 19.8. The first-order valence-electron chi connectivity index (χ1n) is 9.94. The lowest BCUT2D eigenvalue weighted by molar-refractivity contribution is 0.212. The van der Waals surface area contributed by atoms with Crippen LogP contribution < -0.4 is 4.74 Å². The minimum atomic E-state index is -0.215. The van der Waals surface area contributed by atoms with Crippen molar-refractivity contribution >= 4 is 12.4 Å². The molecule has 3 nitrogen and oxygen atoms in total. The van der Waals surface area contributed by atoms with E-state index in [0.29, 0.717) is 17.4 Å². The van der Waals surface area contributed by atoms with Crippen LogP contribution in [-0.2, 0) is 6.54 Å². The van der Waals surface area contributed by atoms with Crippen LogP contribution >= 0.6 is 12.4 Å². The van der Waals surface area contributed by atoms with Crippen molar-refractivity contribution in [2.24, 2.45) is 5.92 Å². The molecule has 30 heavy (non-hydrogen) atoms. The van der Waals surface area contributed by atoms with Crippen molar-refractivity contribution in [3.63, 3.8) is 0 Å². The van der Waals surface area contributed by atoms with E-state index in [1.54, 1.807) is 0 Å². The van der Waals surface area contributed by atoms with Gasteiger partial charge in [-0.2, -0.15) is 5.26 Å². The monoisotopic (exact) mass is 420 g/mol. The van der Waals surface area contributed by atoms with Crippen LogP contribution in [0.3, 0.4) is 0 Å². The molecule has 1 fully saturated rings. The van der Waals surface area contributed by atoms with E-state index >= 15 is 0 Å². The molecule has 0 saturated carbocycles. The van der Waals surface area contributed by atoms with Gasteiger partial charge in [0.2, 0.25) is 0 Å². The van der Waals surface area contributed by atoms with Gasteiger partial charge in [-0.05, 0) is 47.0 Å². The smallest absolute Gasteiger partial charge is 0.123 e. The van der Waals surface area contributed by atoms with Gasteiger partial charge in [-0.1, -0.05) is 36.4 Å². The molecule has 0 amide bonds. The molecule has 0 unspecified atom stereocenters. The van der Waals surface area contributed by atoms with Crippen LogP contribution in [0.15, 0.2) is 66.7 Å². The van der Waals surface area contributed by atoms with Crippen LogP contribution in [0.2, 0.25) is 0 Å². The topological polar surface area (TPSA) is 36.3 Å². The van der Waals surface area contributed by atoms with Crippen LogP contribution in [-0.4, -0.2) is 24.6 Å². The van der Waals surface area contributed by atoms with Crippen molar-refractivity contribution in [1.29, 1.82) is 5.26 Å². The normalized spacial score (nSPS) is 19.7. The highest BCUT2D eigenvalue weighted by atomic mass is 35.5.